The van der Waals surface area contributed by atoms with Crippen molar-refractivity contribution in [2.45, 2.75) is 33.1 Å². The zero-order valence-electron chi connectivity index (χ0n) is 13.8. The van der Waals surface area contributed by atoms with Crippen LogP contribution in [0.3, 0.4) is 0 Å². The lowest BCUT2D eigenvalue weighted by atomic mass is 9.84. The molecule has 1 aromatic heterocycles. The van der Waals surface area contributed by atoms with Crippen molar-refractivity contribution in [2.24, 2.45) is 7.05 Å². The van der Waals surface area contributed by atoms with Crippen LogP contribution in [0, 0.1) is 0 Å². The number of nitrogens with one attached hydrogen (secondary N) is 1. The average Bonchev–Trinajstić information content (AvgIpc) is 2.73. The van der Waals surface area contributed by atoms with Crippen molar-refractivity contribution in [3.05, 3.63) is 41.6 Å². The van der Waals surface area contributed by atoms with E-state index in [4.69, 9.17) is 0 Å². The van der Waals surface area contributed by atoms with Gasteiger partial charge in [0.15, 0.2) is 0 Å². The van der Waals surface area contributed by atoms with Crippen LogP contribution in [0.25, 0.3) is 16.5 Å². The van der Waals surface area contributed by atoms with E-state index in [1.807, 2.05) is 24.7 Å². The van der Waals surface area contributed by atoms with Crippen LogP contribution < -0.4 is 5.32 Å². The molecular weight excluding hydrogens is 260 g/mol. The Morgan fingerprint density at radius 2 is 1.86 bits per heavy atom. The Morgan fingerprint density at radius 1 is 1.24 bits per heavy atom. The van der Waals surface area contributed by atoms with Crippen LogP contribution in [0.4, 0.5) is 0 Å². The third-order valence-electron chi connectivity index (χ3n) is 3.87. The lowest BCUT2D eigenvalue weighted by Gasteiger charge is -2.21. The van der Waals surface area contributed by atoms with E-state index in [-0.39, 0.29) is 11.3 Å². The van der Waals surface area contributed by atoms with Crippen molar-refractivity contribution in [3.8, 4) is 0 Å². The van der Waals surface area contributed by atoms with Crippen molar-refractivity contribution >= 4 is 22.4 Å². The first-order valence-corrected chi connectivity index (χ1v) is 7.18. The number of carbonyl (C=O) groups excluding carboxylic acids is 1. The molecule has 0 aliphatic rings. The molecule has 1 amide bonds. The molecule has 21 heavy (non-hydrogen) atoms. The number of hydrogen-bond donors (Lipinski definition) is 1. The lowest BCUT2D eigenvalue weighted by molar-refractivity contribution is 0.0964. The molecule has 3 nitrogen and oxygen atoms in total. The summed E-state index contributed by atoms with van der Waals surface area (Å²) in [4.78, 5) is 12.1. The van der Waals surface area contributed by atoms with Crippen molar-refractivity contribution in [2.75, 3.05) is 7.05 Å². The summed E-state index contributed by atoms with van der Waals surface area (Å²) in [7, 11) is 3.63. The van der Waals surface area contributed by atoms with Crippen molar-refractivity contribution in [1.82, 2.24) is 9.88 Å². The summed E-state index contributed by atoms with van der Waals surface area (Å²) in [6, 6.07) is 4.32. The highest BCUT2D eigenvalue weighted by atomic mass is 16.1. The number of fused-ring (bicyclic) bond motifs is 1. The Labute approximate surface area is 126 Å². The molecule has 112 valence electrons. The van der Waals surface area contributed by atoms with Gasteiger partial charge in [-0.05, 0) is 35.6 Å². The second-order valence-electron chi connectivity index (χ2n) is 6.68. The first kappa shape index (κ1) is 15.4. The van der Waals surface area contributed by atoms with Crippen LogP contribution in [-0.4, -0.2) is 17.5 Å². The summed E-state index contributed by atoms with van der Waals surface area (Å²) in [5.41, 5.74) is 5.13. The van der Waals surface area contributed by atoms with E-state index in [1.54, 1.807) is 7.05 Å². The molecule has 0 atom stereocenters. The minimum Gasteiger partial charge on any atom is -0.355 e. The van der Waals surface area contributed by atoms with Gasteiger partial charge in [-0.15, -0.1) is 0 Å². The molecule has 3 heteroatoms. The van der Waals surface area contributed by atoms with Gasteiger partial charge in [0.1, 0.15) is 0 Å². The van der Waals surface area contributed by atoms with E-state index in [1.165, 1.54) is 5.56 Å². The molecule has 0 spiro atoms. The largest absolute Gasteiger partial charge is 0.355 e. The smallest absolute Gasteiger partial charge is 0.253 e. The Morgan fingerprint density at radius 3 is 2.33 bits per heavy atom. The SMILES string of the molecule is C=C(C)c1cc(C(C)(C)C)cc2c(C(=O)NC)cn(C)c12. The maximum atomic E-state index is 12.1. The maximum Gasteiger partial charge on any atom is 0.253 e. The standard InChI is InChI=1S/C18H24N2O/c1-11(2)13-8-12(18(3,4)5)9-14-15(17(21)19-6)10-20(7)16(13)14/h8-10H,1H2,2-7H3,(H,19,21). The number of rotatable bonds is 2. The summed E-state index contributed by atoms with van der Waals surface area (Å²) in [6.45, 7) is 12.6. The van der Waals surface area contributed by atoms with Gasteiger partial charge < -0.3 is 9.88 Å². The number of aryl methyl sites for hydroxylation is 1. The predicted octanol–water partition coefficient (Wildman–Crippen LogP) is 3.87. The normalized spacial score (nSPS) is 11.7. The fourth-order valence-electron chi connectivity index (χ4n) is 2.62. The van der Waals surface area contributed by atoms with Crippen LogP contribution in [0.1, 0.15) is 49.2 Å². The molecule has 0 aliphatic carbocycles. The highest BCUT2D eigenvalue weighted by Gasteiger charge is 2.21. The number of benzene rings is 1. The summed E-state index contributed by atoms with van der Waals surface area (Å²) in [5, 5.41) is 3.71. The molecule has 0 saturated heterocycles. The molecule has 1 heterocycles. The molecule has 0 unspecified atom stereocenters. The molecule has 0 bridgehead atoms. The minimum atomic E-state index is -0.0562. The Kier molecular flexibility index (Phi) is 3.70. The van der Waals surface area contributed by atoms with Gasteiger partial charge in [0, 0.05) is 31.2 Å². The van der Waals surface area contributed by atoms with Crippen LogP contribution in [0.5, 0.6) is 0 Å². The predicted molar refractivity (Wildman–Crippen MR) is 89.7 cm³/mol. The minimum absolute atomic E-state index is 0.0220. The Hall–Kier alpha value is -2.03. The van der Waals surface area contributed by atoms with E-state index >= 15 is 0 Å². The third-order valence-corrected chi connectivity index (χ3v) is 3.87. The third kappa shape index (κ3) is 2.60. The topological polar surface area (TPSA) is 34.0 Å². The lowest BCUT2D eigenvalue weighted by Crippen LogP contribution is -2.17. The Balaban J connectivity index is 2.91. The molecule has 1 N–H and O–H groups in total. The van der Waals surface area contributed by atoms with Gasteiger partial charge in [-0.25, -0.2) is 0 Å². The number of aromatic nitrogens is 1. The molecule has 2 rings (SSSR count). The summed E-state index contributed by atoms with van der Waals surface area (Å²) in [6.07, 6.45) is 1.89. The number of amides is 1. The van der Waals surface area contributed by atoms with E-state index in [0.717, 1.165) is 22.0 Å². The molecular formula is C18H24N2O. The first-order chi connectivity index (χ1) is 9.66. The molecule has 0 saturated carbocycles. The fourth-order valence-corrected chi connectivity index (χ4v) is 2.62. The van der Waals surface area contributed by atoms with E-state index in [9.17, 15) is 4.79 Å². The van der Waals surface area contributed by atoms with E-state index < -0.39 is 0 Å². The van der Waals surface area contributed by atoms with Crippen molar-refractivity contribution in [3.63, 3.8) is 0 Å². The molecule has 0 aliphatic heterocycles. The molecule has 0 radical (unpaired) electrons. The maximum absolute atomic E-state index is 12.1. The number of carbonyl (C=O) groups is 1. The van der Waals surface area contributed by atoms with Gasteiger partial charge in [0.05, 0.1) is 11.1 Å². The summed E-state index contributed by atoms with van der Waals surface area (Å²) >= 11 is 0. The van der Waals surface area contributed by atoms with Crippen LogP contribution in [0.15, 0.2) is 24.9 Å². The average molecular weight is 284 g/mol. The van der Waals surface area contributed by atoms with Crippen molar-refractivity contribution in [1.29, 1.82) is 0 Å². The van der Waals surface area contributed by atoms with Crippen molar-refractivity contribution < 1.29 is 4.79 Å². The highest BCUT2D eigenvalue weighted by Crippen LogP contribution is 2.34. The second kappa shape index (κ2) is 5.06. The fraction of sp³-hybridized carbons (Fsp3) is 0.389. The molecule has 1 aromatic carbocycles. The zero-order valence-corrected chi connectivity index (χ0v) is 13.8. The van der Waals surface area contributed by atoms with Gasteiger partial charge in [0.2, 0.25) is 0 Å². The summed E-state index contributed by atoms with van der Waals surface area (Å²) < 4.78 is 2.01. The summed E-state index contributed by atoms with van der Waals surface area (Å²) in [5.74, 6) is -0.0562. The van der Waals surface area contributed by atoms with E-state index in [2.05, 4.69) is 44.8 Å². The number of allylic oxidation sites excluding steroid dienone is 1. The molecule has 0 fully saturated rings. The van der Waals surface area contributed by atoms with Gasteiger partial charge in [-0.3, -0.25) is 4.79 Å². The molecule has 2 aromatic rings. The first-order valence-electron chi connectivity index (χ1n) is 7.18. The van der Waals surface area contributed by atoms with Gasteiger partial charge in [-0.2, -0.15) is 0 Å². The zero-order chi connectivity index (χ0) is 15.9. The quantitative estimate of drug-likeness (QED) is 0.892. The van der Waals surface area contributed by atoms with Gasteiger partial charge in [0.25, 0.3) is 5.91 Å². The number of nitrogens with zero attached hydrogens (tertiary/aromatic N) is 1. The van der Waals surface area contributed by atoms with Gasteiger partial charge in [-0.1, -0.05) is 27.4 Å². The monoisotopic (exact) mass is 284 g/mol. The van der Waals surface area contributed by atoms with Crippen LogP contribution in [0.2, 0.25) is 0 Å². The number of hydrogen-bond acceptors (Lipinski definition) is 1. The van der Waals surface area contributed by atoms with Crippen LogP contribution >= 0.6 is 0 Å². The van der Waals surface area contributed by atoms with Crippen LogP contribution in [-0.2, 0) is 12.5 Å². The second-order valence-corrected chi connectivity index (χ2v) is 6.68. The van der Waals surface area contributed by atoms with E-state index in [0.29, 0.717) is 5.56 Å². The highest BCUT2D eigenvalue weighted by molar-refractivity contribution is 6.09. The van der Waals surface area contributed by atoms with Gasteiger partial charge >= 0.3 is 0 Å². The Bertz CT molecular complexity index is 730.